The Morgan fingerprint density at radius 3 is 2.53 bits per heavy atom. The van der Waals surface area contributed by atoms with Gasteiger partial charge in [0.1, 0.15) is 0 Å². The number of nitrogens with two attached hydrogens (primary N) is 1. The minimum Gasteiger partial charge on any atom is -0.399 e. The number of rotatable bonds is 8. The van der Waals surface area contributed by atoms with E-state index in [0.29, 0.717) is 18.8 Å². The van der Waals surface area contributed by atoms with Gasteiger partial charge in [0.15, 0.2) is 0 Å². The second-order valence-corrected chi connectivity index (χ2v) is 8.87. The van der Waals surface area contributed by atoms with Crippen molar-refractivity contribution < 1.29 is 13.2 Å². The van der Waals surface area contributed by atoms with Crippen molar-refractivity contribution in [3.8, 4) is 0 Å². The molecule has 9 nitrogen and oxygen atoms in total. The van der Waals surface area contributed by atoms with Gasteiger partial charge in [-0.05, 0) is 23.3 Å². The second kappa shape index (κ2) is 10.6. The molecule has 0 spiro atoms. The minimum atomic E-state index is -3.91. The van der Waals surface area contributed by atoms with Gasteiger partial charge in [-0.2, -0.15) is 17.8 Å². The van der Waals surface area contributed by atoms with Gasteiger partial charge in [-0.25, -0.2) is 5.01 Å². The van der Waals surface area contributed by atoms with Gasteiger partial charge in [0, 0.05) is 38.9 Å². The van der Waals surface area contributed by atoms with Crippen LogP contribution in [0.5, 0.6) is 0 Å². The van der Waals surface area contributed by atoms with E-state index in [-0.39, 0.29) is 25.0 Å². The molecule has 1 aliphatic heterocycles. The highest BCUT2D eigenvalue weighted by Crippen LogP contribution is 2.29. The monoisotopic (exact) mass is 458 g/mol. The largest absolute Gasteiger partial charge is 0.399 e. The smallest absolute Gasteiger partial charge is 0.325 e. The second-order valence-electron chi connectivity index (χ2n) is 7.28. The molecule has 2 aromatic rings. The summed E-state index contributed by atoms with van der Waals surface area (Å²) in [5, 5.41) is 9.26. The predicted molar refractivity (Wildman–Crippen MR) is 128 cm³/mol. The number of hydrogen-bond donors (Lipinski definition) is 2. The molecule has 1 aliphatic rings. The van der Waals surface area contributed by atoms with Crippen LogP contribution in [0.2, 0.25) is 0 Å². The van der Waals surface area contributed by atoms with Crippen LogP contribution >= 0.6 is 0 Å². The first-order valence-electron chi connectivity index (χ1n) is 10.4. The highest BCUT2D eigenvalue weighted by atomic mass is 32.2. The number of anilines is 1. The van der Waals surface area contributed by atoms with Crippen LogP contribution in [0.4, 0.5) is 5.69 Å². The van der Waals surface area contributed by atoms with Crippen LogP contribution in [0.25, 0.3) is 0 Å². The molecule has 1 atom stereocenters. The van der Waals surface area contributed by atoms with E-state index in [1.165, 1.54) is 11.4 Å². The first-order valence-corrected chi connectivity index (χ1v) is 11.8. The van der Waals surface area contributed by atoms with Gasteiger partial charge in [-0.15, -0.1) is 4.40 Å². The SMILES string of the molecule is CCN(CCOC)S(=O)(=O)/N=C(\NC)N1CC(c2ccccc2)C(c2ccc(N)cc2)=N1. The minimum absolute atomic E-state index is 0.0585. The number of methoxy groups -OCH3 is 1. The predicted octanol–water partition coefficient (Wildman–Crippen LogP) is 1.86. The summed E-state index contributed by atoms with van der Waals surface area (Å²) >= 11 is 0. The lowest BCUT2D eigenvalue weighted by Crippen LogP contribution is -2.39. The third-order valence-corrected chi connectivity index (χ3v) is 6.71. The van der Waals surface area contributed by atoms with E-state index < -0.39 is 10.2 Å². The third kappa shape index (κ3) is 5.45. The Morgan fingerprint density at radius 1 is 1.25 bits per heavy atom. The van der Waals surface area contributed by atoms with E-state index in [0.717, 1.165) is 16.8 Å². The van der Waals surface area contributed by atoms with Crippen LogP contribution in [0.1, 0.15) is 24.0 Å². The van der Waals surface area contributed by atoms with Crippen molar-refractivity contribution in [3.05, 3.63) is 65.7 Å². The third-order valence-electron chi connectivity index (χ3n) is 5.22. The Morgan fingerprint density at radius 2 is 1.94 bits per heavy atom. The molecule has 32 heavy (non-hydrogen) atoms. The lowest BCUT2D eigenvalue weighted by molar-refractivity contribution is 0.180. The lowest BCUT2D eigenvalue weighted by Gasteiger charge is -2.21. The lowest BCUT2D eigenvalue weighted by atomic mass is 9.90. The summed E-state index contributed by atoms with van der Waals surface area (Å²) in [7, 11) is -0.747. The molecule has 0 radical (unpaired) electrons. The summed E-state index contributed by atoms with van der Waals surface area (Å²) in [4.78, 5) is 0. The van der Waals surface area contributed by atoms with E-state index in [4.69, 9.17) is 15.6 Å². The zero-order valence-electron chi connectivity index (χ0n) is 18.6. The van der Waals surface area contributed by atoms with Crippen LogP contribution < -0.4 is 11.1 Å². The molecule has 0 bridgehead atoms. The van der Waals surface area contributed by atoms with Gasteiger partial charge in [-0.1, -0.05) is 49.4 Å². The molecule has 1 unspecified atom stereocenters. The van der Waals surface area contributed by atoms with Crippen LogP contribution in [-0.4, -0.2) is 69.8 Å². The number of ether oxygens (including phenoxy) is 1. The zero-order chi connectivity index (χ0) is 23.1. The Hall–Kier alpha value is -2.95. The molecule has 0 aliphatic carbocycles. The number of hydrogen-bond acceptors (Lipinski definition) is 5. The number of guanidine groups is 1. The maximum Gasteiger partial charge on any atom is 0.325 e. The van der Waals surface area contributed by atoms with Crippen LogP contribution in [0, 0.1) is 0 Å². The maximum atomic E-state index is 12.9. The first kappa shape index (κ1) is 23.7. The average molecular weight is 459 g/mol. The van der Waals surface area contributed by atoms with Gasteiger partial charge >= 0.3 is 10.2 Å². The quantitative estimate of drug-likeness (QED) is 0.355. The Bertz CT molecular complexity index is 1050. The summed E-state index contributed by atoms with van der Waals surface area (Å²) < 4.78 is 36.1. The van der Waals surface area contributed by atoms with Crippen molar-refractivity contribution >= 4 is 27.6 Å². The number of nitrogen functional groups attached to an aromatic ring is 1. The number of nitrogens with one attached hydrogen (secondary N) is 1. The molecule has 3 rings (SSSR count). The number of likely N-dealkylation sites (N-methyl/N-ethyl adjacent to an activating group) is 1. The average Bonchev–Trinajstić information content (AvgIpc) is 3.24. The Labute approximate surface area is 189 Å². The summed E-state index contributed by atoms with van der Waals surface area (Å²) in [6.07, 6.45) is 0. The number of hydrazone groups is 1. The fraction of sp³-hybridized carbons (Fsp3) is 0.364. The number of benzene rings is 2. The van der Waals surface area contributed by atoms with Gasteiger partial charge in [0.05, 0.1) is 18.9 Å². The van der Waals surface area contributed by atoms with Crippen LogP contribution in [0.15, 0.2) is 64.1 Å². The standard InChI is InChI=1S/C22H30N6O3S/c1-4-27(14-15-31-3)32(29,30)26-22(24-2)28-16-20(17-8-6-5-7-9-17)21(25-28)18-10-12-19(23)13-11-18/h5-13,20H,4,14-16,23H2,1-3H3,(H,24,26). The van der Waals surface area contributed by atoms with Crippen molar-refractivity contribution in [2.45, 2.75) is 12.8 Å². The van der Waals surface area contributed by atoms with Crippen LogP contribution in [0.3, 0.4) is 0 Å². The van der Waals surface area contributed by atoms with Gasteiger partial charge < -0.3 is 15.8 Å². The fourth-order valence-corrected chi connectivity index (χ4v) is 4.66. The van der Waals surface area contributed by atoms with Gasteiger partial charge in [0.2, 0.25) is 5.96 Å². The molecule has 172 valence electrons. The molecule has 2 aromatic carbocycles. The highest BCUT2D eigenvalue weighted by Gasteiger charge is 2.32. The normalized spacial score (nSPS) is 17.0. The highest BCUT2D eigenvalue weighted by molar-refractivity contribution is 7.87. The molecule has 0 amide bonds. The number of nitrogens with zero attached hydrogens (tertiary/aromatic N) is 4. The van der Waals surface area contributed by atoms with E-state index in [1.807, 2.05) is 54.6 Å². The fourth-order valence-electron chi connectivity index (χ4n) is 3.51. The van der Waals surface area contributed by atoms with Gasteiger partial charge in [-0.3, -0.25) is 0 Å². The Kier molecular flexibility index (Phi) is 7.84. The first-order chi connectivity index (χ1) is 15.4. The summed E-state index contributed by atoms with van der Waals surface area (Å²) in [6, 6.07) is 17.5. The molecular formula is C22H30N6O3S. The molecular weight excluding hydrogens is 428 g/mol. The summed E-state index contributed by atoms with van der Waals surface area (Å²) in [6.45, 7) is 3.02. The van der Waals surface area contributed by atoms with E-state index in [1.54, 1.807) is 19.0 Å². The van der Waals surface area contributed by atoms with Crippen molar-refractivity contribution in [2.24, 2.45) is 9.50 Å². The topological polar surface area (TPSA) is 113 Å². The Balaban J connectivity index is 1.98. The maximum absolute atomic E-state index is 12.9. The molecule has 0 saturated heterocycles. The molecule has 0 fully saturated rings. The summed E-state index contributed by atoms with van der Waals surface area (Å²) in [5.41, 5.74) is 9.35. The zero-order valence-corrected chi connectivity index (χ0v) is 19.4. The molecule has 0 aromatic heterocycles. The van der Waals surface area contributed by atoms with Crippen molar-refractivity contribution in [3.63, 3.8) is 0 Å². The summed E-state index contributed by atoms with van der Waals surface area (Å²) in [5.74, 6) is 0.101. The van der Waals surface area contributed by atoms with E-state index >= 15 is 0 Å². The van der Waals surface area contributed by atoms with E-state index in [2.05, 4.69) is 9.71 Å². The van der Waals surface area contributed by atoms with Gasteiger partial charge in [0.25, 0.3) is 0 Å². The van der Waals surface area contributed by atoms with Crippen molar-refractivity contribution in [1.29, 1.82) is 0 Å². The van der Waals surface area contributed by atoms with E-state index in [9.17, 15) is 8.42 Å². The van der Waals surface area contributed by atoms with Crippen molar-refractivity contribution in [2.75, 3.05) is 46.1 Å². The molecule has 0 saturated carbocycles. The van der Waals surface area contributed by atoms with Crippen LogP contribution in [-0.2, 0) is 14.9 Å². The van der Waals surface area contributed by atoms with Crippen molar-refractivity contribution in [1.82, 2.24) is 14.6 Å². The molecule has 1 heterocycles. The molecule has 10 heteroatoms. The molecule has 3 N–H and O–H groups in total.